The smallest absolute Gasteiger partial charge is 0.325 e. The summed E-state index contributed by atoms with van der Waals surface area (Å²) >= 11 is 3.09. The largest absolute Gasteiger partial charge is 0.490 e. The van der Waals surface area contributed by atoms with Crippen LogP contribution >= 0.6 is 15.9 Å². The molecular weight excluding hydrogens is 366 g/mol. The van der Waals surface area contributed by atoms with E-state index in [-0.39, 0.29) is 25.5 Å². The molecule has 1 heterocycles. The molecule has 0 saturated heterocycles. The standard InChI is InChI=1S/C16H16BrNO5/c1-11-3-2-4-12(9-11)21-7-8-22-15(19)10-18-16(20)13-5-6-14(17)23-13/h2-6,9H,7-8,10H2,1H3,(H,18,20). The Bertz CT molecular complexity index is 683. The maximum absolute atomic E-state index is 11.7. The van der Waals surface area contributed by atoms with Gasteiger partial charge in [-0.3, -0.25) is 9.59 Å². The van der Waals surface area contributed by atoms with Crippen LogP contribution in [-0.4, -0.2) is 31.6 Å². The van der Waals surface area contributed by atoms with Crippen molar-refractivity contribution in [2.75, 3.05) is 19.8 Å². The number of hydrogen-bond acceptors (Lipinski definition) is 5. The minimum absolute atomic E-state index is 0.106. The Morgan fingerprint density at radius 3 is 2.74 bits per heavy atom. The first kappa shape index (κ1) is 17.1. The Morgan fingerprint density at radius 1 is 1.22 bits per heavy atom. The number of aryl methyl sites for hydroxylation is 1. The normalized spacial score (nSPS) is 10.2. The molecule has 122 valence electrons. The fourth-order valence-electron chi connectivity index (χ4n) is 1.75. The van der Waals surface area contributed by atoms with Crippen LogP contribution in [0, 0.1) is 6.92 Å². The van der Waals surface area contributed by atoms with E-state index < -0.39 is 11.9 Å². The van der Waals surface area contributed by atoms with Crippen LogP contribution in [0.1, 0.15) is 16.1 Å². The van der Waals surface area contributed by atoms with Gasteiger partial charge in [0.05, 0.1) is 0 Å². The van der Waals surface area contributed by atoms with Gasteiger partial charge in [0, 0.05) is 0 Å². The molecule has 0 radical (unpaired) electrons. The Labute approximate surface area is 141 Å². The number of carbonyl (C=O) groups excluding carboxylic acids is 2. The van der Waals surface area contributed by atoms with E-state index in [4.69, 9.17) is 13.9 Å². The van der Waals surface area contributed by atoms with E-state index in [0.717, 1.165) is 11.3 Å². The number of esters is 1. The number of benzene rings is 1. The van der Waals surface area contributed by atoms with Crippen molar-refractivity contribution in [3.05, 3.63) is 52.4 Å². The van der Waals surface area contributed by atoms with Crippen LogP contribution in [0.5, 0.6) is 5.75 Å². The molecule has 1 N–H and O–H groups in total. The van der Waals surface area contributed by atoms with Gasteiger partial charge in [-0.15, -0.1) is 0 Å². The number of rotatable bonds is 7. The van der Waals surface area contributed by atoms with Crippen molar-refractivity contribution in [2.45, 2.75) is 6.92 Å². The summed E-state index contributed by atoms with van der Waals surface area (Å²) in [6, 6.07) is 10.7. The molecule has 0 spiro atoms. The second-order valence-corrected chi connectivity index (χ2v) is 5.45. The average molecular weight is 382 g/mol. The summed E-state index contributed by atoms with van der Waals surface area (Å²) in [5.74, 6) is -0.189. The SMILES string of the molecule is Cc1cccc(OCCOC(=O)CNC(=O)c2ccc(Br)o2)c1. The molecular formula is C16H16BrNO5. The van der Waals surface area contributed by atoms with E-state index in [1.54, 1.807) is 6.07 Å². The second-order valence-electron chi connectivity index (χ2n) is 4.67. The first-order chi connectivity index (χ1) is 11.0. The van der Waals surface area contributed by atoms with Gasteiger partial charge in [-0.1, -0.05) is 12.1 Å². The predicted molar refractivity (Wildman–Crippen MR) is 86.4 cm³/mol. The number of nitrogens with one attached hydrogen (secondary N) is 1. The molecule has 2 rings (SSSR count). The summed E-state index contributed by atoms with van der Waals surface area (Å²) in [6.07, 6.45) is 0. The third-order valence-electron chi connectivity index (χ3n) is 2.79. The van der Waals surface area contributed by atoms with Gasteiger partial charge in [-0.05, 0) is 52.7 Å². The van der Waals surface area contributed by atoms with Crippen molar-refractivity contribution < 1.29 is 23.5 Å². The third-order valence-corrected chi connectivity index (χ3v) is 3.22. The van der Waals surface area contributed by atoms with Crippen molar-refractivity contribution in [3.63, 3.8) is 0 Å². The molecule has 0 saturated carbocycles. The number of hydrogen-bond donors (Lipinski definition) is 1. The van der Waals surface area contributed by atoms with Crippen molar-refractivity contribution >= 4 is 27.8 Å². The fraction of sp³-hybridized carbons (Fsp3) is 0.250. The van der Waals surface area contributed by atoms with Crippen LogP contribution in [0.2, 0.25) is 0 Å². The minimum atomic E-state index is -0.545. The molecule has 1 aromatic carbocycles. The lowest BCUT2D eigenvalue weighted by Gasteiger charge is -2.08. The quantitative estimate of drug-likeness (QED) is 0.589. The van der Waals surface area contributed by atoms with Crippen LogP contribution < -0.4 is 10.1 Å². The number of halogens is 1. The zero-order chi connectivity index (χ0) is 16.7. The van der Waals surface area contributed by atoms with E-state index >= 15 is 0 Å². The van der Waals surface area contributed by atoms with Crippen LogP contribution in [0.3, 0.4) is 0 Å². The fourth-order valence-corrected chi connectivity index (χ4v) is 2.05. The summed E-state index contributed by atoms with van der Waals surface area (Å²) in [7, 11) is 0. The molecule has 6 nitrogen and oxygen atoms in total. The molecule has 0 bridgehead atoms. The third kappa shape index (κ3) is 5.78. The summed E-state index contributed by atoms with van der Waals surface area (Å²) in [6.45, 7) is 2.08. The van der Waals surface area contributed by atoms with Crippen molar-refractivity contribution in [1.29, 1.82) is 0 Å². The topological polar surface area (TPSA) is 77.8 Å². The number of ether oxygens (including phenoxy) is 2. The molecule has 0 aliphatic heterocycles. The van der Waals surface area contributed by atoms with Gasteiger partial charge in [-0.2, -0.15) is 0 Å². The molecule has 0 aliphatic carbocycles. The van der Waals surface area contributed by atoms with E-state index in [1.807, 2.05) is 31.2 Å². The molecule has 2 aromatic rings. The average Bonchev–Trinajstić information content (AvgIpc) is 2.96. The van der Waals surface area contributed by atoms with Crippen LogP contribution in [0.25, 0.3) is 0 Å². The number of carbonyl (C=O) groups is 2. The second kappa shape index (κ2) is 8.38. The number of furan rings is 1. The molecule has 23 heavy (non-hydrogen) atoms. The van der Waals surface area contributed by atoms with Crippen LogP contribution in [0.15, 0.2) is 45.5 Å². The first-order valence-electron chi connectivity index (χ1n) is 6.93. The summed E-state index contributed by atoms with van der Waals surface area (Å²) in [5, 5.41) is 2.41. The number of amides is 1. The van der Waals surface area contributed by atoms with E-state index in [2.05, 4.69) is 21.2 Å². The first-order valence-corrected chi connectivity index (χ1v) is 7.72. The zero-order valence-electron chi connectivity index (χ0n) is 12.5. The lowest BCUT2D eigenvalue weighted by atomic mass is 10.2. The van der Waals surface area contributed by atoms with Crippen molar-refractivity contribution in [1.82, 2.24) is 5.32 Å². The Balaban J connectivity index is 1.62. The maximum Gasteiger partial charge on any atom is 0.325 e. The van der Waals surface area contributed by atoms with Crippen LogP contribution in [0.4, 0.5) is 0 Å². The Hall–Kier alpha value is -2.28. The predicted octanol–water partition coefficient (Wildman–Crippen LogP) is 2.70. The highest BCUT2D eigenvalue weighted by Crippen LogP contribution is 2.13. The van der Waals surface area contributed by atoms with Gasteiger partial charge in [0.25, 0.3) is 5.91 Å². The maximum atomic E-state index is 11.7. The van der Waals surface area contributed by atoms with E-state index in [0.29, 0.717) is 4.67 Å². The molecule has 0 fully saturated rings. The van der Waals surface area contributed by atoms with Gasteiger partial charge in [0.1, 0.15) is 25.5 Å². The van der Waals surface area contributed by atoms with Gasteiger partial charge < -0.3 is 19.2 Å². The van der Waals surface area contributed by atoms with Crippen molar-refractivity contribution in [3.8, 4) is 5.75 Å². The highest BCUT2D eigenvalue weighted by atomic mass is 79.9. The lowest BCUT2D eigenvalue weighted by molar-refractivity contribution is -0.143. The highest BCUT2D eigenvalue weighted by Gasteiger charge is 2.12. The molecule has 1 aromatic heterocycles. The van der Waals surface area contributed by atoms with Crippen molar-refractivity contribution in [2.24, 2.45) is 0 Å². The van der Waals surface area contributed by atoms with E-state index in [1.165, 1.54) is 6.07 Å². The molecule has 0 atom stereocenters. The molecule has 0 aliphatic rings. The monoisotopic (exact) mass is 381 g/mol. The summed E-state index contributed by atoms with van der Waals surface area (Å²) in [5.41, 5.74) is 1.09. The lowest BCUT2D eigenvalue weighted by Crippen LogP contribution is -2.31. The van der Waals surface area contributed by atoms with Gasteiger partial charge >= 0.3 is 5.97 Å². The zero-order valence-corrected chi connectivity index (χ0v) is 14.1. The van der Waals surface area contributed by atoms with Gasteiger partial charge in [-0.25, -0.2) is 0 Å². The van der Waals surface area contributed by atoms with Crippen LogP contribution in [-0.2, 0) is 9.53 Å². The van der Waals surface area contributed by atoms with Gasteiger partial charge in [0.2, 0.25) is 0 Å². The molecule has 7 heteroatoms. The highest BCUT2D eigenvalue weighted by molar-refractivity contribution is 9.10. The Kier molecular flexibility index (Phi) is 6.22. The summed E-state index contributed by atoms with van der Waals surface area (Å²) < 4.78 is 15.9. The summed E-state index contributed by atoms with van der Waals surface area (Å²) in [4.78, 5) is 23.2. The Morgan fingerprint density at radius 2 is 2.04 bits per heavy atom. The van der Waals surface area contributed by atoms with E-state index in [9.17, 15) is 9.59 Å². The minimum Gasteiger partial charge on any atom is -0.490 e. The molecule has 1 amide bonds. The van der Waals surface area contributed by atoms with Gasteiger partial charge in [0.15, 0.2) is 10.4 Å². The molecule has 0 unspecified atom stereocenters.